The van der Waals surface area contributed by atoms with E-state index in [0.29, 0.717) is 5.56 Å². The van der Waals surface area contributed by atoms with Gasteiger partial charge in [-0.15, -0.1) is 11.3 Å². The summed E-state index contributed by atoms with van der Waals surface area (Å²) in [6.07, 6.45) is -6.90. The number of aryl methyl sites for hydroxylation is 1. The molecule has 12 heavy (non-hydrogen) atoms. The predicted molar refractivity (Wildman–Crippen MR) is 40.1 cm³/mol. The standard InChI is InChI=1S/C7H7F3OS/c1-4-2-3-12-5(4)6(11)7(8,9)10/h2-3,6,11H,1H3/t6-/m1/s1. The largest absolute Gasteiger partial charge is 0.419 e. The van der Waals surface area contributed by atoms with Gasteiger partial charge in [0.1, 0.15) is 0 Å². The predicted octanol–water partition coefficient (Wildman–Crippen LogP) is 2.65. The van der Waals surface area contributed by atoms with Crippen LogP contribution in [0.5, 0.6) is 0 Å². The summed E-state index contributed by atoms with van der Waals surface area (Å²) in [7, 11) is 0. The molecule has 68 valence electrons. The van der Waals surface area contributed by atoms with Crippen molar-refractivity contribution in [2.75, 3.05) is 0 Å². The highest BCUT2D eigenvalue weighted by Gasteiger charge is 2.40. The van der Waals surface area contributed by atoms with Crippen molar-refractivity contribution >= 4 is 11.3 Å². The second-order valence-corrected chi connectivity index (χ2v) is 3.36. The van der Waals surface area contributed by atoms with Gasteiger partial charge >= 0.3 is 6.18 Å². The maximum atomic E-state index is 11.9. The van der Waals surface area contributed by atoms with E-state index in [2.05, 4.69) is 0 Å². The lowest BCUT2D eigenvalue weighted by molar-refractivity contribution is -0.205. The van der Waals surface area contributed by atoms with Crippen LogP contribution in [0.15, 0.2) is 11.4 Å². The topological polar surface area (TPSA) is 20.2 Å². The van der Waals surface area contributed by atoms with Crippen LogP contribution in [0, 0.1) is 6.92 Å². The number of halogens is 3. The van der Waals surface area contributed by atoms with E-state index in [1.807, 2.05) is 0 Å². The molecular weight excluding hydrogens is 189 g/mol. The van der Waals surface area contributed by atoms with E-state index in [1.165, 1.54) is 5.38 Å². The third-order valence-electron chi connectivity index (χ3n) is 1.46. The molecule has 0 aliphatic heterocycles. The summed E-state index contributed by atoms with van der Waals surface area (Å²) in [4.78, 5) is -0.0255. The third-order valence-corrected chi connectivity index (χ3v) is 2.53. The Balaban J connectivity index is 2.92. The minimum Gasteiger partial charge on any atom is -0.379 e. The third kappa shape index (κ3) is 1.78. The lowest BCUT2D eigenvalue weighted by Crippen LogP contribution is -2.19. The Bertz CT molecular complexity index is 266. The Kier molecular flexibility index (Phi) is 2.44. The number of aliphatic hydroxyl groups is 1. The quantitative estimate of drug-likeness (QED) is 0.732. The fraction of sp³-hybridized carbons (Fsp3) is 0.429. The molecule has 1 aromatic heterocycles. The normalized spacial score (nSPS) is 14.8. The molecule has 0 fully saturated rings. The second kappa shape index (κ2) is 3.06. The van der Waals surface area contributed by atoms with Crippen LogP contribution in [-0.2, 0) is 0 Å². The highest BCUT2D eigenvalue weighted by atomic mass is 32.1. The van der Waals surface area contributed by atoms with Gasteiger partial charge in [0.05, 0.1) is 0 Å². The summed E-state index contributed by atoms with van der Waals surface area (Å²) >= 11 is 0.915. The number of hydrogen-bond acceptors (Lipinski definition) is 2. The average Bonchev–Trinajstić information content (AvgIpc) is 2.31. The number of thiophene rings is 1. The average molecular weight is 196 g/mol. The van der Waals surface area contributed by atoms with E-state index in [0.717, 1.165) is 11.3 Å². The van der Waals surface area contributed by atoms with Crippen molar-refractivity contribution in [2.45, 2.75) is 19.2 Å². The summed E-state index contributed by atoms with van der Waals surface area (Å²) in [5.41, 5.74) is 0.477. The summed E-state index contributed by atoms with van der Waals surface area (Å²) in [5, 5.41) is 10.3. The molecule has 0 aromatic carbocycles. The molecule has 0 radical (unpaired) electrons. The van der Waals surface area contributed by atoms with Crippen LogP contribution in [0.25, 0.3) is 0 Å². The molecule has 1 nitrogen and oxygen atoms in total. The smallest absolute Gasteiger partial charge is 0.379 e. The number of rotatable bonds is 1. The van der Waals surface area contributed by atoms with Crippen LogP contribution in [0.3, 0.4) is 0 Å². The molecule has 1 N–H and O–H groups in total. The van der Waals surface area contributed by atoms with Gasteiger partial charge < -0.3 is 5.11 Å². The maximum absolute atomic E-state index is 11.9. The second-order valence-electron chi connectivity index (χ2n) is 2.41. The highest BCUT2D eigenvalue weighted by molar-refractivity contribution is 7.10. The molecule has 0 amide bonds. The van der Waals surface area contributed by atoms with Gasteiger partial charge in [-0.3, -0.25) is 0 Å². The van der Waals surface area contributed by atoms with Crippen molar-refractivity contribution in [3.63, 3.8) is 0 Å². The SMILES string of the molecule is Cc1ccsc1[C@@H](O)C(F)(F)F. The van der Waals surface area contributed by atoms with Crippen molar-refractivity contribution in [1.82, 2.24) is 0 Å². The number of alkyl halides is 3. The first kappa shape index (κ1) is 9.54. The van der Waals surface area contributed by atoms with Crippen molar-refractivity contribution in [1.29, 1.82) is 0 Å². The number of hydrogen-bond donors (Lipinski definition) is 1. The van der Waals surface area contributed by atoms with Crippen LogP contribution >= 0.6 is 11.3 Å². The van der Waals surface area contributed by atoms with Gasteiger partial charge in [0.2, 0.25) is 0 Å². The molecule has 0 aliphatic rings. The van der Waals surface area contributed by atoms with Gasteiger partial charge in [0.15, 0.2) is 6.10 Å². The Morgan fingerprint density at radius 1 is 1.50 bits per heavy atom. The van der Waals surface area contributed by atoms with Crippen molar-refractivity contribution in [3.05, 3.63) is 21.9 Å². The van der Waals surface area contributed by atoms with E-state index in [9.17, 15) is 13.2 Å². The Morgan fingerprint density at radius 2 is 2.08 bits per heavy atom. The zero-order valence-corrected chi connectivity index (χ0v) is 7.04. The summed E-state index contributed by atoms with van der Waals surface area (Å²) in [5.74, 6) is 0. The van der Waals surface area contributed by atoms with E-state index < -0.39 is 12.3 Å². The molecule has 1 atom stereocenters. The van der Waals surface area contributed by atoms with E-state index in [4.69, 9.17) is 5.11 Å². The van der Waals surface area contributed by atoms with E-state index >= 15 is 0 Å². The van der Waals surface area contributed by atoms with Crippen LogP contribution in [0.2, 0.25) is 0 Å². The number of aliphatic hydroxyl groups excluding tert-OH is 1. The van der Waals surface area contributed by atoms with Crippen LogP contribution in [0.4, 0.5) is 13.2 Å². The van der Waals surface area contributed by atoms with Crippen molar-refractivity contribution in [2.24, 2.45) is 0 Å². The molecule has 0 spiro atoms. The molecule has 1 rings (SSSR count). The van der Waals surface area contributed by atoms with Crippen molar-refractivity contribution < 1.29 is 18.3 Å². The summed E-state index contributed by atoms with van der Waals surface area (Å²) in [6, 6.07) is 1.55. The van der Waals surface area contributed by atoms with Gasteiger partial charge in [0.25, 0.3) is 0 Å². The molecule has 1 aromatic rings. The minimum absolute atomic E-state index is 0.0255. The maximum Gasteiger partial charge on any atom is 0.419 e. The molecule has 5 heteroatoms. The summed E-state index contributed by atoms with van der Waals surface area (Å²) < 4.78 is 35.8. The van der Waals surface area contributed by atoms with Crippen molar-refractivity contribution in [3.8, 4) is 0 Å². The molecular formula is C7H7F3OS. The Labute approximate surface area is 71.5 Å². The van der Waals surface area contributed by atoms with Gasteiger partial charge in [-0.05, 0) is 23.9 Å². The van der Waals surface area contributed by atoms with E-state index in [-0.39, 0.29) is 4.88 Å². The van der Waals surface area contributed by atoms with Crippen LogP contribution < -0.4 is 0 Å². The minimum atomic E-state index is -4.56. The van der Waals surface area contributed by atoms with Crippen LogP contribution in [0.1, 0.15) is 16.5 Å². The summed E-state index contributed by atoms with van der Waals surface area (Å²) in [6.45, 7) is 1.54. The molecule has 0 saturated heterocycles. The molecule has 0 aliphatic carbocycles. The fourth-order valence-electron chi connectivity index (χ4n) is 0.813. The Morgan fingerprint density at radius 3 is 2.42 bits per heavy atom. The van der Waals surface area contributed by atoms with Gasteiger partial charge in [0, 0.05) is 4.88 Å². The fourth-order valence-corrected chi connectivity index (χ4v) is 1.75. The van der Waals surface area contributed by atoms with Gasteiger partial charge in [-0.25, -0.2) is 0 Å². The zero-order valence-electron chi connectivity index (χ0n) is 6.22. The van der Waals surface area contributed by atoms with Gasteiger partial charge in [-0.2, -0.15) is 13.2 Å². The molecule has 0 unspecified atom stereocenters. The molecule has 1 heterocycles. The van der Waals surface area contributed by atoms with Crippen LogP contribution in [-0.4, -0.2) is 11.3 Å². The zero-order chi connectivity index (χ0) is 9.35. The van der Waals surface area contributed by atoms with E-state index in [1.54, 1.807) is 13.0 Å². The first-order valence-electron chi connectivity index (χ1n) is 3.21. The first-order valence-corrected chi connectivity index (χ1v) is 4.09. The highest BCUT2D eigenvalue weighted by Crippen LogP contribution is 2.36. The lowest BCUT2D eigenvalue weighted by Gasteiger charge is -2.13. The first-order chi connectivity index (χ1) is 5.43. The van der Waals surface area contributed by atoms with Gasteiger partial charge in [-0.1, -0.05) is 0 Å². The lowest BCUT2D eigenvalue weighted by atomic mass is 10.2. The molecule has 0 bridgehead atoms. The Hall–Kier alpha value is -0.550. The monoisotopic (exact) mass is 196 g/mol. The molecule has 0 saturated carbocycles.